The van der Waals surface area contributed by atoms with Gasteiger partial charge in [-0.1, -0.05) is 28.8 Å². The van der Waals surface area contributed by atoms with Crippen LogP contribution in [0.2, 0.25) is 0 Å². The van der Waals surface area contributed by atoms with Crippen molar-refractivity contribution >= 4 is 15.9 Å². The van der Waals surface area contributed by atoms with Gasteiger partial charge in [-0.25, -0.2) is 0 Å². The van der Waals surface area contributed by atoms with Gasteiger partial charge in [-0.2, -0.15) is 0 Å². The fourth-order valence-corrected chi connectivity index (χ4v) is 4.32. The van der Waals surface area contributed by atoms with Crippen molar-refractivity contribution in [2.24, 2.45) is 0 Å². The molecule has 1 spiro atoms. The van der Waals surface area contributed by atoms with Gasteiger partial charge >= 0.3 is 0 Å². The smallest absolute Gasteiger partial charge is 0.128 e. The first-order valence-electron chi connectivity index (χ1n) is 7.82. The summed E-state index contributed by atoms with van der Waals surface area (Å²) >= 11 is 3.48. The highest BCUT2D eigenvalue weighted by molar-refractivity contribution is 9.10. The van der Waals surface area contributed by atoms with Crippen molar-refractivity contribution in [3.05, 3.63) is 27.7 Å². The maximum Gasteiger partial charge on any atom is 0.128 e. The molecule has 1 N–H and O–H groups in total. The van der Waals surface area contributed by atoms with Gasteiger partial charge in [0.2, 0.25) is 0 Å². The molecule has 1 atom stereocenters. The summed E-state index contributed by atoms with van der Waals surface area (Å²) in [5.41, 5.74) is 1.99. The monoisotopic (exact) mass is 354 g/mol. The number of aryl methyl sites for hydroxylation is 1. The van der Waals surface area contributed by atoms with Crippen molar-refractivity contribution in [3.63, 3.8) is 0 Å². The number of rotatable bonds is 3. The second-order valence-corrected chi connectivity index (χ2v) is 7.26. The van der Waals surface area contributed by atoms with Crippen LogP contribution in [0, 0.1) is 6.92 Å². The molecule has 1 aliphatic heterocycles. The molecule has 2 fully saturated rings. The lowest BCUT2D eigenvalue weighted by Crippen LogP contribution is -2.41. The van der Waals surface area contributed by atoms with Gasteiger partial charge in [0.1, 0.15) is 11.9 Å². The number of hydrogen-bond donors (Lipinski definition) is 1. The number of aliphatic hydroxyl groups is 1. The van der Waals surface area contributed by atoms with Gasteiger partial charge in [0.15, 0.2) is 0 Å². The molecular weight excluding hydrogens is 332 g/mol. The van der Waals surface area contributed by atoms with Gasteiger partial charge < -0.3 is 14.6 Å². The number of ether oxygens (including phenoxy) is 2. The zero-order valence-corrected chi connectivity index (χ0v) is 14.1. The van der Waals surface area contributed by atoms with Crippen LogP contribution in [0.1, 0.15) is 49.7 Å². The van der Waals surface area contributed by atoms with Crippen molar-refractivity contribution < 1.29 is 14.6 Å². The Bertz CT molecular complexity index is 509. The number of hydrogen-bond acceptors (Lipinski definition) is 3. The van der Waals surface area contributed by atoms with E-state index in [1.54, 1.807) is 0 Å². The fraction of sp³-hybridized carbons (Fsp3) is 0.647. The van der Waals surface area contributed by atoms with Gasteiger partial charge in [-0.05, 0) is 37.5 Å². The highest BCUT2D eigenvalue weighted by atomic mass is 79.9. The summed E-state index contributed by atoms with van der Waals surface area (Å²) in [6.07, 6.45) is 6.98. The van der Waals surface area contributed by atoms with Crippen molar-refractivity contribution in [1.29, 1.82) is 0 Å². The van der Waals surface area contributed by atoms with E-state index in [0.717, 1.165) is 40.8 Å². The minimum Gasteiger partial charge on any atom is -0.490 e. The quantitative estimate of drug-likeness (QED) is 0.887. The molecule has 1 unspecified atom stereocenters. The fourth-order valence-electron chi connectivity index (χ4n) is 3.70. The van der Waals surface area contributed by atoms with E-state index < -0.39 is 0 Å². The zero-order chi connectivity index (χ0) is 14.9. The van der Waals surface area contributed by atoms with Gasteiger partial charge in [0.05, 0.1) is 18.8 Å². The predicted molar refractivity (Wildman–Crippen MR) is 85.6 cm³/mol. The molecular formula is C17H23BrO3. The molecule has 1 saturated heterocycles. The zero-order valence-electron chi connectivity index (χ0n) is 12.5. The second-order valence-electron chi connectivity index (χ2n) is 6.34. The number of benzene rings is 1. The average molecular weight is 355 g/mol. The van der Waals surface area contributed by atoms with E-state index in [-0.39, 0.29) is 18.3 Å². The van der Waals surface area contributed by atoms with E-state index in [4.69, 9.17) is 9.47 Å². The maximum atomic E-state index is 9.58. The van der Waals surface area contributed by atoms with E-state index in [2.05, 4.69) is 15.9 Å². The van der Waals surface area contributed by atoms with Crippen LogP contribution in [0.15, 0.2) is 16.6 Å². The maximum absolute atomic E-state index is 9.58. The van der Waals surface area contributed by atoms with Crippen LogP contribution in [0.5, 0.6) is 5.75 Å². The molecule has 1 aliphatic carbocycles. The van der Waals surface area contributed by atoms with Crippen molar-refractivity contribution in [2.45, 2.75) is 63.8 Å². The normalized spacial score (nSPS) is 24.4. The lowest BCUT2D eigenvalue weighted by atomic mass is 9.90. The first-order valence-corrected chi connectivity index (χ1v) is 8.62. The summed E-state index contributed by atoms with van der Waals surface area (Å²) in [4.78, 5) is 0. The molecule has 2 aliphatic rings. The standard InChI is InChI=1S/C17H23BrO3/c1-12-8-14(18)9-13(11-19)16(12)21-15-4-7-20-17(10-15)5-2-3-6-17/h8-9,15,19H,2-7,10-11H2,1H3. The molecule has 116 valence electrons. The van der Waals surface area contributed by atoms with Gasteiger partial charge in [0.25, 0.3) is 0 Å². The summed E-state index contributed by atoms with van der Waals surface area (Å²) in [5.74, 6) is 0.848. The summed E-state index contributed by atoms with van der Waals surface area (Å²) < 4.78 is 13.3. The highest BCUT2D eigenvalue weighted by Crippen LogP contribution is 2.41. The SMILES string of the molecule is Cc1cc(Br)cc(CO)c1OC1CCOC2(CCCC2)C1. The molecule has 1 saturated carbocycles. The van der Waals surface area contributed by atoms with Crippen LogP contribution in [0.3, 0.4) is 0 Å². The van der Waals surface area contributed by atoms with E-state index in [1.807, 2.05) is 19.1 Å². The topological polar surface area (TPSA) is 38.7 Å². The third-order valence-corrected chi connectivity index (χ3v) is 5.19. The molecule has 0 radical (unpaired) electrons. The first kappa shape index (κ1) is 15.3. The number of aliphatic hydroxyl groups excluding tert-OH is 1. The second kappa shape index (κ2) is 6.27. The van der Waals surface area contributed by atoms with E-state index in [9.17, 15) is 5.11 Å². The van der Waals surface area contributed by atoms with Crippen LogP contribution >= 0.6 is 15.9 Å². The van der Waals surface area contributed by atoms with E-state index in [1.165, 1.54) is 25.7 Å². The van der Waals surface area contributed by atoms with Crippen LogP contribution in [0.4, 0.5) is 0 Å². The average Bonchev–Trinajstić information content (AvgIpc) is 2.89. The molecule has 3 rings (SSSR count). The Balaban J connectivity index is 1.77. The Labute approximate surface area is 134 Å². The largest absolute Gasteiger partial charge is 0.490 e. The predicted octanol–water partition coefficient (Wildman–Crippen LogP) is 4.12. The van der Waals surface area contributed by atoms with E-state index >= 15 is 0 Å². The summed E-state index contributed by atoms with van der Waals surface area (Å²) in [6.45, 7) is 2.82. The number of halogens is 1. The molecule has 1 aromatic carbocycles. The van der Waals surface area contributed by atoms with Crippen LogP contribution in [0.25, 0.3) is 0 Å². The van der Waals surface area contributed by atoms with Gasteiger partial charge in [0, 0.05) is 22.9 Å². The lowest BCUT2D eigenvalue weighted by molar-refractivity contribution is -0.108. The van der Waals surface area contributed by atoms with Crippen molar-refractivity contribution in [3.8, 4) is 5.75 Å². The Morgan fingerprint density at radius 2 is 2.14 bits per heavy atom. The molecule has 0 aromatic heterocycles. The molecule has 21 heavy (non-hydrogen) atoms. The molecule has 1 heterocycles. The molecule has 4 heteroatoms. The summed E-state index contributed by atoms with van der Waals surface area (Å²) in [6, 6.07) is 3.98. The third-order valence-electron chi connectivity index (χ3n) is 4.73. The summed E-state index contributed by atoms with van der Waals surface area (Å²) in [5, 5.41) is 9.58. The minimum absolute atomic E-state index is 0.00394. The Morgan fingerprint density at radius 3 is 2.86 bits per heavy atom. The molecule has 1 aromatic rings. The summed E-state index contributed by atoms with van der Waals surface area (Å²) in [7, 11) is 0. The Kier molecular flexibility index (Phi) is 4.57. The van der Waals surface area contributed by atoms with Crippen LogP contribution in [-0.4, -0.2) is 23.4 Å². The molecule has 0 amide bonds. The van der Waals surface area contributed by atoms with E-state index in [0.29, 0.717) is 0 Å². The Morgan fingerprint density at radius 1 is 1.38 bits per heavy atom. The van der Waals surface area contributed by atoms with Crippen molar-refractivity contribution in [1.82, 2.24) is 0 Å². The highest BCUT2D eigenvalue weighted by Gasteiger charge is 2.40. The third kappa shape index (κ3) is 3.27. The minimum atomic E-state index is 0.00394. The molecule has 0 bridgehead atoms. The van der Waals surface area contributed by atoms with Gasteiger partial charge in [-0.3, -0.25) is 0 Å². The molecule has 3 nitrogen and oxygen atoms in total. The van der Waals surface area contributed by atoms with Gasteiger partial charge in [-0.15, -0.1) is 0 Å². The lowest BCUT2D eigenvalue weighted by Gasteiger charge is -2.38. The first-order chi connectivity index (χ1) is 10.1. The van der Waals surface area contributed by atoms with Crippen LogP contribution in [-0.2, 0) is 11.3 Å². The Hall–Kier alpha value is -0.580. The van der Waals surface area contributed by atoms with Crippen molar-refractivity contribution in [2.75, 3.05) is 6.61 Å². The van der Waals surface area contributed by atoms with Crippen LogP contribution < -0.4 is 4.74 Å².